The molecule has 1 aromatic carbocycles. The number of rotatable bonds is 6. The molecule has 0 spiro atoms. The quantitative estimate of drug-likeness (QED) is 0.334. The molecule has 5 aromatic rings. The fourth-order valence-electron chi connectivity index (χ4n) is 5.04. The van der Waals surface area contributed by atoms with E-state index in [0.717, 1.165) is 0 Å². The van der Waals surface area contributed by atoms with E-state index in [4.69, 9.17) is 4.98 Å². The van der Waals surface area contributed by atoms with Crippen LogP contribution in [0, 0.1) is 11.6 Å². The van der Waals surface area contributed by atoms with Crippen molar-refractivity contribution >= 4 is 22.7 Å². The minimum absolute atomic E-state index is 0.0493. The number of piperazine rings is 1. The molecule has 5 heterocycles. The Hall–Kier alpha value is -4.45. The monoisotopic (exact) mass is 532 g/mol. The zero-order valence-electron chi connectivity index (χ0n) is 21.3. The van der Waals surface area contributed by atoms with E-state index >= 15 is 0 Å². The second-order valence-electron chi connectivity index (χ2n) is 9.54. The molecule has 0 radical (unpaired) electrons. The lowest BCUT2D eigenvalue weighted by Crippen LogP contribution is -2.48. The standard InChI is InChI=1S/C27H26F2N8O2/c1-18(38)34-12-9-33(10-13-34)11-14-36-23-16-31-25(22-15-30-24-7-2-3-8-35(22)24)32-26(23)37(27(36)39)17-19-20(28)5-4-6-21(19)29/h2-8,15-16H,9-14,17H2,1H3. The molecular formula is C27H26F2N8O2. The molecular weight excluding hydrogens is 506 g/mol. The van der Waals surface area contributed by atoms with Gasteiger partial charge in [-0.05, 0) is 24.3 Å². The van der Waals surface area contributed by atoms with Crippen LogP contribution in [0.15, 0.2) is 59.8 Å². The summed E-state index contributed by atoms with van der Waals surface area (Å²) in [6.07, 6.45) is 5.06. The Labute approximate surface area is 221 Å². The Morgan fingerprint density at radius 3 is 2.44 bits per heavy atom. The fraction of sp³-hybridized carbons (Fsp3) is 0.296. The number of hydrogen-bond acceptors (Lipinski definition) is 6. The first-order valence-electron chi connectivity index (χ1n) is 12.7. The predicted molar refractivity (Wildman–Crippen MR) is 140 cm³/mol. The van der Waals surface area contributed by atoms with E-state index in [0.29, 0.717) is 62.0 Å². The van der Waals surface area contributed by atoms with Crippen molar-refractivity contribution in [1.82, 2.24) is 38.3 Å². The molecule has 1 aliphatic rings. The van der Waals surface area contributed by atoms with Gasteiger partial charge in [0.2, 0.25) is 5.91 Å². The number of nitrogens with zero attached hydrogens (tertiary/aromatic N) is 8. The third kappa shape index (κ3) is 4.56. The summed E-state index contributed by atoms with van der Waals surface area (Å²) in [5.74, 6) is -1.08. The Morgan fingerprint density at radius 2 is 1.69 bits per heavy atom. The van der Waals surface area contributed by atoms with Gasteiger partial charge in [0.25, 0.3) is 0 Å². The van der Waals surface area contributed by atoms with E-state index in [1.165, 1.54) is 22.8 Å². The third-order valence-corrected chi connectivity index (χ3v) is 7.24. The van der Waals surface area contributed by atoms with Gasteiger partial charge in [0.05, 0.1) is 18.9 Å². The van der Waals surface area contributed by atoms with Crippen molar-refractivity contribution < 1.29 is 13.6 Å². The molecule has 39 heavy (non-hydrogen) atoms. The van der Waals surface area contributed by atoms with Crippen molar-refractivity contribution in [3.63, 3.8) is 0 Å². The van der Waals surface area contributed by atoms with E-state index in [9.17, 15) is 18.4 Å². The largest absolute Gasteiger partial charge is 0.340 e. The number of hydrogen-bond donors (Lipinski definition) is 0. The summed E-state index contributed by atoms with van der Waals surface area (Å²) in [5, 5.41) is 0. The molecule has 0 unspecified atom stereocenters. The van der Waals surface area contributed by atoms with Crippen LogP contribution in [0.25, 0.3) is 28.3 Å². The average Bonchev–Trinajstić information content (AvgIpc) is 3.48. The highest BCUT2D eigenvalue weighted by atomic mass is 19.1. The first-order valence-corrected chi connectivity index (χ1v) is 12.7. The number of fused-ring (bicyclic) bond motifs is 2. The van der Waals surface area contributed by atoms with Gasteiger partial charge in [-0.1, -0.05) is 12.1 Å². The van der Waals surface area contributed by atoms with Crippen molar-refractivity contribution in [3.05, 3.63) is 82.7 Å². The molecule has 200 valence electrons. The Bertz CT molecular complexity index is 1730. The molecule has 6 rings (SSSR count). The van der Waals surface area contributed by atoms with Crippen molar-refractivity contribution in [2.24, 2.45) is 0 Å². The van der Waals surface area contributed by atoms with Crippen molar-refractivity contribution in [1.29, 1.82) is 0 Å². The van der Waals surface area contributed by atoms with Crippen molar-refractivity contribution in [2.45, 2.75) is 20.0 Å². The van der Waals surface area contributed by atoms with Gasteiger partial charge in [-0.25, -0.2) is 28.5 Å². The van der Waals surface area contributed by atoms with Crippen LogP contribution in [-0.4, -0.2) is 76.9 Å². The summed E-state index contributed by atoms with van der Waals surface area (Å²) >= 11 is 0. The first kappa shape index (κ1) is 24.9. The van der Waals surface area contributed by atoms with Crippen LogP contribution >= 0.6 is 0 Å². The number of carbonyl (C=O) groups excluding carboxylic acids is 1. The summed E-state index contributed by atoms with van der Waals surface area (Å²) in [7, 11) is 0. The number of halogens is 2. The second kappa shape index (κ2) is 10.0. The molecule has 10 nitrogen and oxygen atoms in total. The first-order chi connectivity index (χ1) is 18.9. The maximum absolute atomic E-state index is 14.6. The second-order valence-corrected chi connectivity index (χ2v) is 9.54. The number of aromatic nitrogens is 6. The molecule has 0 saturated carbocycles. The van der Waals surface area contributed by atoms with Gasteiger partial charge in [0.15, 0.2) is 11.5 Å². The minimum atomic E-state index is -0.734. The van der Waals surface area contributed by atoms with Gasteiger partial charge in [-0.3, -0.25) is 23.2 Å². The van der Waals surface area contributed by atoms with Crippen LogP contribution in [0.4, 0.5) is 8.78 Å². The van der Waals surface area contributed by atoms with Gasteiger partial charge >= 0.3 is 5.69 Å². The maximum Gasteiger partial charge on any atom is 0.330 e. The van der Waals surface area contributed by atoms with Crippen LogP contribution in [0.5, 0.6) is 0 Å². The number of imidazole rings is 2. The fourth-order valence-corrected chi connectivity index (χ4v) is 5.04. The smallest absolute Gasteiger partial charge is 0.330 e. The van der Waals surface area contributed by atoms with E-state index < -0.39 is 17.3 Å². The van der Waals surface area contributed by atoms with Gasteiger partial charge in [0.1, 0.15) is 28.5 Å². The van der Waals surface area contributed by atoms with Crippen LogP contribution in [-0.2, 0) is 17.9 Å². The Kier molecular flexibility index (Phi) is 6.39. The molecule has 1 saturated heterocycles. The zero-order valence-corrected chi connectivity index (χ0v) is 21.3. The molecule has 0 atom stereocenters. The molecule has 1 aliphatic heterocycles. The zero-order chi connectivity index (χ0) is 27.1. The molecule has 1 amide bonds. The molecule has 0 bridgehead atoms. The lowest BCUT2D eigenvalue weighted by molar-refractivity contribution is -0.130. The summed E-state index contributed by atoms with van der Waals surface area (Å²) < 4.78 is 33.8. The Morgan fingerprint density at radius 1 is 0.923 bits per heavy atom. The van der Waals surface area contributed by atoms with Gasteiger partial charge in [0, 0.05) is 58.0 Å². The molecule has 12 heteroatoms. The summed E-state index contributed by atoms with van der Waals surface area (Å²) in [6, 6.07) is 9.21. The Balaban J connectivity index is 1.40. The summed E-state index contributed by atoms with van der Waals surface area (Å²) in [5.41, 5.74) is 1.44. The van der Waals surface area contributed by atoms with Crippen molar-refractivity contribution in [2.75, 3.05) is 32.7 Å². The number of benzene rings is 1. The lowest BCUT2D eigenvalue weighted by Gasteiger charge is -2.34. The lowest BCUT2D eigenvalue weighted by atomic mass is 10.2. The van der Waals surface area contributed by atoms with Gasteiger partial charge < -0.3 is 4.90 Å². The van der Waals surface area contributed by atoms with Crippen molar-refractivity contribution in [3.8, 4) is 11.5 Å². The summed E-state index contributed by atoms with van der Waals surface area (Å²) in [4.78, 5) is 42.9. The molecule has 0 aliphatic carbocycles. The van der Waals surface area contributed by atoms with Gasteiger partial charge in [-0.2, -0.15) is 0 Å². The van der Waals surface area contributed by atoms with Crippen LogP contribution in [0.3, 0.4) is 0 Å². The highest BCUT2D eigenvalue weighted by Gasteiger charge is 2.22. The predicted octanol–water partition coefficient (Wildman–Crippen LogP) is 2.40. The van der Waals surface area contributed by atoms with E-state index in [1.54, 1.807) is 28.8 Å². The highest BCUT2D eigenvalue weighted by Crippen LogP contribution is 2.21. The van der Waals surface area contributed by atoms with E-state index in [1.807, 2.05) is 28.8 Å². The summed E-state index contributed by atoms with van der Waals surface area (Å²) in [6.45, 7) is 4.79. The highest BCUT2D eigenvalue weighted by molar-refractivity contribution is 5.74. The minimum Gasteiger partial charge on any atom is -0.340 e. The van der Waals surface area contributed by atoms with Crippen LogP contribution < -0.4 is 5.69 Å². The van der Waals surface area contributed by atoms with E-state index in [-0.39, 0.29) is 23.7 Å². The molecule has 0 N–H and O–H groups in total. The van der Waals surface area contributed by atoms with E-state index in [2.05, 4.69) is 14.9 Å². The SMILES string of the molecule is CC(=O)N1CCN(CCn2c(=O)n(Cc3c(F)cccc3F)c3nc(-c4cnc5ccccn45)ncc32)CC1. The maximum atomic E-state index is 14.6. The van der Waals surface area contributed by atoms with Crippen LogP contribution in [0.2, 0.25) is 0 Å². The van der Waals surface area contributed by atoms with Gasteiger partial charge in [-0.15, -0.1) is 0 Å². The number of pyridine rings is 1. The number of amides is 1. The van der Waals surface area contributed by atoms with Crippen LogP contribution in [0.1, 0.15) is 12.5 Å². The topological polar surface area (TPSA) is 93.6 Å². The molecule has 1 fully saturated rings. The molecule has 4 aromatic heterocycles. The number of carbonyl (C=O) groups is 1. The average molecular weight is 533 g/mol. The normalized spacial score (nSPS) is 14.5. The third-order valence-electron chi connectivity index (χ3n) is 7.24.